The van der Waals surface area contributed by atoms with Gasteiger partial charge in [0, 0.05) is 17.5 Å². The Labute approximate surface area is 124 Å². The Balaban J connectivity index is 2.10. The summed E-state index contributed by atoms with van der Waals surface area (Å²) in [5.74, 6) is 4.59. The molecule has 0 aromatic heterocycles. The summed E-state index contributed by atoms with van der Waals surface area (Å²) in [4.78, 5) is 25.0. The maximum absolute atomic E-state index is 12.3. The van der Waals surface area contributed by atoms with Crippen LogP contribution in [0.3, 0.4) is 0 Å². The Morgan fingerprint density at radius 2 is 1.90 bits per heavy atom. The molecule has 21 heavy (non-hydrogen) atoms. The van der Waals surface area contributed by atoms with Gasteiger partial charge in [0.15, 0.2) is 0 Å². The third kappa shape index (κ3) is 4.62. The number of piperidine rings is 1. The smallest absolute Gasteiger partial charge is 0.299 e. The topological polar surface area (TPSA) is 75.4 Å². The number of hydrogen-bond acceptors (Lipinski definition) is 3. The summed E-state index contributed by atoms with van der Waals surface area (Å²) in [7, 11) is 0. The second-order valence-corrected chi connectivity index (χ2v) is 5.00. The van der Waals surface area contributed by atoms with E-state index in [1.165, 1.54) is 4.90 Å². The van der Waals surface area contributed by atoms with Crippen molar-refractivity contribution >= 4 is 11.8 Å². The fourth-order valence-corrected chi connectivity index (χ4v) is 2.37. The first-order chi connectivity index (χ1) is 10.2. The highest BCUT2D eigenvalue weighted by atomic mass is 16.2. The highest BCUT2D eigenvalue weighted by Gasteiger charge is 2.25. The lowest BCUT2D eigenvalue weighted by molar-refractivity contribution is -0.133. The maximum Gasteiger partial charge on any atom is 0.299 e. The fraction of sp³-hybridized carbons (Fsp3) is 0.375. The number of carbonyl (C=O) groups is 2. The summed E-state index contributed by atoms with van der Waals surface area (Å²) < 4.78 is 0. The van der Waals surface area contributed by atoms with Crippen LogP contribution >= 0.6 is 0 Å². The van der Waals surface area contributed by atoms with Gasteiger partial charge in [-0.25, -0.2) is 0 Å². The zero-order valence-corrected chi connectivity index (χ0v) is 11.8. The summed E-state index contributed by atoms with van der Waals surface area (Å²) in [5, 5.41) is 3.23. The van der Waals surface area contributed by atoms with Crippen LogP contribution in [0.25, 0.3) is 0 Å². The van der Waals surface area contributed by atoms with E-state index in [1.54, 1.807) is 0 Å². The van der Waals surface area contributed by atoms with Crippen molar-refractivity contribution in [3.63, 3.8) is 0 Å². The monoisotopic (exact) mass is 285 g/mol. The van der Waals surface area contributed by atoms with Gasteiger partial charge in [0.1, 0.15) is 6.54 Å². The molecule has 1 aliphatic rings. The number of nitrogens with two attached hydrogens (primary N) is 1. The van der Waals surface area contributed by atoms with E-state index < -0.39 is 5.91 Å². The average Bonchev–Trinajstić information content (AvgIpc) is 2.52. The van der Waals surface area contributed by atoms with Crippen LogP contribution in [0, 0.1) is 11.8 Å². The molecule has 0 atom stereocenters. The van der Waals surface area contributed by atoms with E-state index in [2.05, 4.69) is 17.2 Å². The van der Waals surface area contributed by atoms with E-state index >= 15 is 0 Å². The van der Waals surface area contributed by atoms with E-state index in [4.69, 9.17) is 5.73 Å². The molecule has 2 rings (SSSR count). The molecule has 0 bridgehead atoms. The van der Waals surface area contributed by atoms with Crippen LogP contribution in [0.1, 0.15) is 18.4 Å². The number of primary amides is 1. The lowest BCUT2D eigenvalue weighted by Gasteiger charge is -2.32. The van der Waals surface area contributed by atoms with Crippen molar-refractivity contribution < 1.29 is 9.59 Å². The molecule has 5 heteroatoms. The van der Waals surface area contributed by atoms with Crippen LogP contribution < -0.4 is 11.1 Å². The molecule has 0 spiro atoms. The van der Waals surface area contributed by atoms with Crippen molar-refractivity contribution in [2.24, 2.45) is 5.73 Å². The maximum atomic E-state index is 12.3. The van der Waals surface area contributed by atoms with E-state index in [0.29, 0.717) is 0 Å². The number of hydrogen-bond donors (Lipinski definition) is 2. The Hall–Kier alpha value is -2.32. The van der Waals surface area contributed by atoms with Gasteiger partial charge in [0.05, 0.1) is 0 Å². The van der Waals surface area contributed by atoms with Gasteiger partial charge in [-0.15, -0.1) is 0 Å². The van der Waals surface area contributed by atoms with Crippen LogP contribution in [0.4, 0.5) is 0 Å². The molecule has 0 unspecified atom stereocenters. The third-order valence-electron chi connectivity index (χ3n) is 3.42. The molecule has 1 saturated heterocycles. The van der Waals surface area contributed by atoms with Crippen LogP contribution in [-0.2, 0) is 9.59 Å². The summed E-state index contributed by atoms with van der Waals surface area (Å²) in [6, 6.07) is 9.31. The number of amides is 2. The van der Waals surface area contributed by atoms with Crippen LogP contribution in [0.5, 0.6) is 0 Å². The molecule has 1 aromatic carbocycles. The number of rotatable bonds is 3. The molecule has 0 aliphatic carbocycles. The van der Waals surface area contributed by atoms with E-state index in [9.17, 15) is 9.59 Å². The second kappa shape index (κ2) is 7.46. The van der Waals surface area contributed by atoms with E-state index in [0.717, 1.165) is 31.5 Å². The molecule has 3 N–H and O–H groups in total. The van der Waals surface area contributed by atoms with Gasteiger partial charge >= 0.3 is 0 Å². The Morgan fingerprint density at radius 3 is 2.52 bits per heavy atom. The summed E-state index contributed by atoms with van der Waals surface area (Å²) in [6.45, 7) is 1.59. The number of nitrogens with zero attached hydrogens (tertiary/aromatic N) is 1. The Kier molecular flexibility index (Phi) is 5.35. The first-order valence-electron chi connectivity index (χ1n) is 7.03. The van der Waals surface area contributed by atoms with Crippen molar-refractivity contribution in [3.8, 4) is 11.8 Å². The van der Waals surface area contributed by atoms with Gasteiger partial charge in [-0.2, -0.15) is 0 Å². The first kappa shape index (κ1) is 15.1. The van der Waals surface area contributed by atoms with Crippen molar-refractivity contribution in [2.45, 2.75) is 18.9 Å². The average molecular weight is 285 g/mol. The molecule has 110 valence electrons. The molecular weight excluding hydrogens is 266 g/mol. The number of carbonyl (C=O) groups excluding carboxylic acids is 2. The van der Waals surface area contributed by atoms with E-state index in [-0.39, 0.29) is 18.5 Å². The highest BCUT2D eigenvalue weighted by Crippen LogP contribution is 2.11. The van der Waals surface area contributed by atoms with Crippen LogP contribution in [-0.4, -0.2) is 42.4 Å². The SMILES string of the molecule is NC(=O)CN(C(=O)C#Cc1ccccc1)C1CCNCC1. The lowest BCUT2D eigenvalue weighted by Crippen LogP contribution is -2.49. The molecule has 1 heterocycles. The van der Waals surface area contributed by atoms with Crippen molar-refractivity contribution in [1.29, 1.82) is 0 Å². The minimum absolute atomic E-state index is 0.0244. The zero-order chi connectivity index (χ0) is 15.1. The quantitative estimate of drug-likeness (QED) is 0.774. The molecule has 0 radical (unpaired) electrons. The molecule has 0 saturated carbocycles. The van der Waals surface area contributed by atoms with Crippen LogP contribution in [0.15, 0.2) is 30.3 Å². The Bertz CT molecular complexity index is 554. The normalized spacial score (nSPS) is 14.9. The van der Waals surface area contributed by atoms with Gasteiger partial charge in [0.2, 0.25) is 5.91 Å². The molecule has 5 nitrogen and oxygen atoms in total. The predicted octanol–water partition coefficient (Wildman–Crippen LogP) is 0.104. The number of nitrogens with one attached hydrogen (secondary N) is 1. The van der Waals surface area contributed by atoms with Gasteiger partial charge in [-0.1, -0.05) is 24.1 Å². The fourth-order valence-electron chi connectivity index (χ4n) is 2.37. The van der Waals surface area contributed by atoms with Crippen molar-refractivity contribution in [2.75, 3.05) is 19.6 Å². The van der Waals surface area contributed by atoms with Crippen molar-refractivity contribution in [3.05, 3.63) is 35.9 Å². The van der Waals surface area contributed by atoms with E-state index in [1.807, 2.05) is 30.3 Å². The molecular formula is C16H19N3O2. The van der Waals surface area contributed by atoms with Gasteiger partial charge < -0.3 is 16.0 Å². The standard InChI is InChI=1S/C16H19N3O2/c17-15(20)12-19(14-8-10-18-11-9-14)16(21)7-6-13-4-2-1-3-5-13/h1-5,14,18H,8-12H2,(H2,17,20). The number of benzene rings is 1. The van der Waals surface area contributed by atoms with Crippen LogP contribution in [0.2, 0.25) is 0 Å². The summed E-state index contributed by atoms with van der Waals surface area (Å²) in [5.41, 5.74) is 6.02. The largest absolute Gasteiger partial charge is 0.368 e. The predicted molar refractivity (Wildman–Crippen MR) is 80.1 cm³/mol. The van der Waals surface area contributed by atoms with Gasteiger partial charge in [0.25, 0.3) is 5.91 Å². The molecule has 1 aromatic rings. The lowest BCUT2D eigenvalue weighted by atomic mass is 10.0. The minimum Gasteiger partial charge on any atom is -0.368 e. The van der Waals surface area contributed by atoms with Crippen molar-refractivity contribution in [1.82, 2.24) is 10.2 Å². The van der Waals surface area contributed by atoms with Gasteiger partial charge in [-0.05, 0) is 38.1 Å². The van der Waals surface area contributed by atoms with Gasteiger partial charge in [-0.3, -0.25) is 9.59 Å². The molecule has 1 aliphatic heterocycles. The first-order valence-corrected chi connectivity index (χ1v) is 7.03. The zero-order valence-electron chi connectivity index (χ0n) is 11.8. The molecule has 1 fully saturated rings. The third-order valence-corrected chi connectivity index (χ3v) is 3.42. The second-order valence-electron chi connectivity index (χ2n) is 5.00. The minimum atomic E-state index is -0.511. The Morgan fingerprint density at radius 1 is 1.24 bits per heavy atom. The summed E-state index contributed by atoms with van der Waals surface area (Å²) in [6.07, 6.45) is 1.62. The highest BCUT2D eigenvalue weighted by molar-refractivity contribution is 5.96. The molecule has 2 amide bonds. The summed E-state index contributed by atoms with van der Waals surface area (Å²) >= 11 is 0.